The zero-order chi connectivity index (χ0) is 13.2. The lowest BCUT2D eigenvalue weighted by molar-refractivity contribution is 0.0661. The molecule has 0 aliphatic carbocycles. The Balaban J connectivity index is 1.57. The summed E-state index contributed by atoms with van der Waals surface area (Å²) in [5.41, 5.74) is 2.21. The van der Waals surface area contributed by atoms with Gasteiger partial charge in [-0.1, -0.05) is 0 Å². The Morgan fingerprint density at radius 1 is 1.37 bits per heavy atom. The van der Waals surface area contributed by atoms with E-state index >= 15 is 0 Å². The van der Waals surface area contributed by atoms with Gasteiger partial charge in [0.15, 0.2) is 0 Å². The van der Waals surface area contributed by atoms with Crippen molar-refractivity contribution >= 4 is 23.3 Å². The highest BCUT2D eigenvalue weighted by Gasteiger charge is 2.32. The van der Waals surface area contributed by atoms with Crippen LogP contribution in [0.4, 0.5) is 4.79 Å². The van der Waals surface area contributed by atoms with Crippen LogP contribution in [-0.2, 0) is 0 Å². The number of urea groups is 1. The molecule has 2 aliphatic rings. The van der Waals surface area contributed by atoms with Gasteiger partial charge in [-0.05, 0) is 12.8 Å². The van der Waals surface area contributed by atoms with Crippen LogP contribution >= 0.6 is 11.3 Å². The molecular formula is C12H16N4O2S. The molecule has 7 heteroatoms. The number of nitrogens with one attached hydrogen (secondary N) is 1. The number of thiazole rings is 1. The molecule has 102 valence electrons. The summed E-state index contributed by atoms with van der Waals surface area (Å²) in [7, 11) is 0. The summed E-state index contributed by atoms with van der Waals surface area (Å²) in [4.78, 5) is 31.5. The van der Waals surface area contributed by atoms with Crippen LogP contribution in [0.1, 0.15) is 23.3 Å². The van der Waals surface area contributed by atoms with E-state index in [1.54, 1.807) is 10.9 Å². The Hall–Kier alpha value is -1.63. The fourth-order valence-electron chi connectivity index (χ4n) is 2.70. The van der Waals surface area contributed by atoms with Crippen LogP contribution < -0.4 is 5.32 Å². The predicted molar refractivity (Wildman–Crippen MR) is 71.1 cm³/mol. The maximum atomic E-state index is 12.1. The predicted octanol–water partition coefficient (Wildman–Crippen LogP) is 0.773. The van der Waals surface area contributed by atoms with E-state index in [4.69, 9.17) is 0 Å². The van der Waals surface area contributed by atoms with Crippen molar-refractivity contribution in [1.82, 2.24) is 20.1 Å². The van der Waals surface area contributed by atoms with Gasteiger partial charge in [0.2, 0.25) is 0 Å². The molecule has 3 rings (SSSR count). The van der Waals surface area contributed by atoms with Gasteiger partial charge in [-0.2, -0.15) is 0 Å². The molecule has 1 N–H and O–H groups in total. The molecule has 0 radical (unpaired) electrons. The third kappa shape index (κ3) is 2.42. The van der Waals surface area contributed by atoms with Gasteiger partial charge in [-0.25, -0.2) is 9.78 Å². The normalized spacial score (nSPS) is 20.7. The maximum absolute atomic E-state index is 12.1. The van der Waals surface area contributed by atoms with Crippen LogP contribution in [0.3, 0.4) is 0 Å². The number of hydrogen-bond donors (Lipinski definition) is 1. The fourth-order valence-corrected chi connectivity index (χ4v) is 3.22. The minimum Gasteiger partial charge on any atom is -0.337 e. The summed E-state index contributed by atoms with van der Waals surface area (Å²) >= 11 is 1.43. The Bertz CT molecular complexity index is 468. The summed E-state index contributed by atoms with van der Waals surface area (Å²) in [6, 6.07) is 0.297. The van der Waals surface area contributed by atoms with E-state index in [-0.39, 0.29) is 18.0 Å². The van der Waals surface area contributed by atoms with Crippen LogP contribution in [0.25, 0.3) is 0 Å². The second-order valence-electron chi connectivity index (χ2n) is 4.82. The number of rotatable bonds is 2. The van der Waals surface area contributed by atoms with Gasteiger partial charge in [0.25, 0.3) is 5.91 Å². The molecule has 6 nitrogen and oxygen atoms in total. The van der Waals surface area contributed by atoms with Gasteiger partial charge in [0, 0.05) is 37.6 Å². The van der Waals surface area contributed by atoms with E-state index in [2.05, 4.69) is 10.3 Å². The summed E-state index contributed by atoms with van der Waals surface area (Å²) in [5, 5.41) is 4.60. The second-order valence-corrected chi connectivity index (χ2v) is 5.54. The summed E-state index contributed by atoms with van der Waals surface area (Å²) in [6.45, 7) is 2.91. The number of amides is 3. The lowest BCUT2D eigenvalue weighted by Crippen LogP contribution is -2.47. The van der Waals surface area contributed by atoms with Crippen LogP contribution in [0.15, 0.2) is 10.9 Å². The van der Waals surface area contributed by atoms with Crippen LogP contribution in [-0.4, -0.2) is 58.9 Å². The molecule has 0 spiro atoms. The van der Waals surface area contributed by atoms with Gasteiger partial charge in [-0.3, -0.25) is 4.79 Å². The van der Waals surface area contributed by atoms with E-state index < -0.39 is 0 Å². The number of hydrogen-bond acceptors (Lipinski definition) is 4. The highest BCUT2D eigenvalue weighted by Crippen LogP contribution is 2.19. The molecule has 0 atom stereocenters. The molecule has 3 heterocycles. The Morgan fingerprint density at radius 3 is 2.74 bits per heavy atom. The average Bonchev–Trinajstić information content (AvgIpc) is 3.09. The summed E-state index contributed by atoms with van der Waals surface area (Å²) in [5.74, 6) is 0.00516. The lowest BCUT2D eigenvalue weighted by Gasteiger charge is -2.35. The van der Waals surface area contributed by atoms with Crippen molar-refractivity contribution in [3.05, 3.63) is 16.6 Å². The minimum absolute atomic E-state index is 0.00516. The van der Waals surface area contributed by atoms with E-state index in [9.17, 15) is 9.59 Å². The molecule has 2 aliphatic heterocycles. The van der Waals surface area contributed by atoms with Crippen molar-refractivity contribution in [3.63, 3.8) is 0 Å². The first-order valence-corrected chi connectivity index (χ1v) is 7.42. The monoisotopic (exact) mass is 280 g/mol. The van der Waals surface area contributed by atoms with Gasteiger partial charge in [-0.15, -0.1) is 11.3 Å². The first kappa shape index (κ1) is 12.4. The summed E-state index contributed by atoms with van der Waals surface area (Å²) in [6.07, 6.45) is 1.70. The third-order valence-corrected chi connectivity index (χ3v) is 4.32. The van der Waals surface area contributed by atoms with Gasteiger partial charge < -0.3 is 15.1 Å². The van der Waals surface area contributed by atoms with Crippen molar-refractivity contribution in [2.45, 2.75) is 18.9 Å². The van der Waals surface area contributed by atoms with Crippen molar-refractivity contribution in [1.29, 1.82) is 0 Å². The minimum atomic E-state index is 0.00516. The largest absolute Gasteiger partial charge is 0.337 e. The van der Waals surface area contributed by atoms with Gasteiger partial charge in [0.1, 0.15) is 5.69 Å². The van der Waals surface area contributed by atoms with Crippen molar-refractivity contribution in [2.75, 3.05) is 26.2 Å². The molecule has 1 aromatic rings. The standard InChI is InChI=1S/C12H16N4O2S/c17-11(10-7-19-8-14-10)15-4-1-9(2-5-15)16-6-3-13-12(16)18/h7-9H,1-6H2,(H,13,18). The molecule has 2 saturated heterocycles. The lowest BCUT2D eigenvalue weighted by atomic mass is 10.0. The highest BCUT2D eigenvalue weighted by atomic mass is 32.1. The maximum Gasteiger partial charge on any atom is 0.317 e. The Labute approximate surface area is 115 Å². The quantitative estimate of drug-likeness (QED) is 0.870. The zero-order valence-corrected chi connectivity index (χ0v) is 11.4. The third-order valence-electron chi connectivity index (χ3n) is 3.73. The van der Waals surface area contributed by atoms with E-state index in [1.807, 2.05) is 9.80 Å². The number of carbonyl (C=O) groups is 2. The molecular weight excluding hydrogens is 264 g/mol. The highest BCUT2D eigenvalue weighted by molar-refractivity contribution is 7.07. The molecule has 0 unspecified atom stereocenters. The number of aromatic nitrogens is 1. The molecule has 0 bridgehead atoms. The van der Waals surface area contributed by atoms with Crippen LogP contribution in [0.2, 0.25) is 0 Å². The average molecular weight is 280 g/mol. The summed E-state index contributed by atoms with van der Waals surface area (Å²) < 4.78 is 0. The van der Waals surface area contributed by atoms with E-state index in [0.29, 0.717) is 18.8 Å². The van der Waals surface area contributed by atoms with Crippen LogP contribution in [0, 0.1) is 0 Å². The Kier molecular flexibility index (Phi) is 3.37. The first-order valence-electron chi connectivity index (χ1n) is 6.47. The number of carbonyl (C=O) groups excluding carboxylic acids is 2. The van der Waals surface area contributed by atoms with Gasteiger partial charge in [0.05, 0.1) is 5.51 Å². The van der Waals surface area contributed by atoms with Crippen molar-refractivity contribution in [3.8, 4) is 0 Å². The van der Waals surface area contributed by atoms with E-state index in [1.165, 1.54) is 11.3 Å². The molecule has 0 aromatic carbocycles. The molecule has 2 fully saturated rings. The molecule has 3 amide bonds. The SMILES string of the molecule is O=C(c1cscn1)N1CCC(N2CCNC2=O)CC1. The van der Waals surface area contributed by atoms with E-state index in [0.717, 1.165) is 25.9 Å². The first-order chi connectivity index (χ1) is 9.25. The number of piperidine rings is 1. The fraction of sp³-hybridized carbons (Fsp3) is 0.583. The zero-order valence-electron chi connectivity index (χ0n) is 10.5. The number of nitrogens with zero attached hydrogens (tertiary/aromatic N) is 3. The molecule has 19 heavy (non-hydrogen) atoms. The molecule has 1 aromatic heterocycles. The smallest absolute Gasteiger partial charge is 0.317 e. The second kappa shape index (κ2) is 5.16. The van der Waals surface area contributed by atoms with Crippen LogP contribution in [0.5, 0.6) is 0 Å². The topological polar surface area (TPSA) is 65.5 Å². The Morgan fingerprint density at radius 2 is 2.16 bits per heavy atom. The van der Waals surface area contributed by atoms with Crippen molar-refractivity contribution in [2.24, 2.45) is 0 Å². The van der Waals surface area contributed by atoms with Gasteiger partial charge >= 0.3 is 6.03 Å². The molecule has 0 saturated carbocycles. The van der Waals surface area contributed by atoms with Crippen molar-refractivity contribution < 1.29 is 9.59 Å². The number of likely N-dealkylation sites (tertiary alicyclic amines) is 1.